The summed E-state index contributed by atoms with van der Waals surface area (Å²) >= 11 is 0. The molecule has 1 saturated heterocycles. The summed E-state index contributed by atoms with van der Waals surface area (Å²) in [6.45, 7) is 6.01. The zero-order valence-corrected chi connectivity index (χ0v) is 11.9. The molecule has 2 rings (SSSR count). The number of likely N-dealkylation sites (tertiary alicyclic amines) is 1. The van der Waals surface area contributed by atoms with Gasteiger partial charge >= 0.3 is 0 Å². The molecule has 0 bridgehead atoms. The van der Waals surface area contributed by atoms with E-state index >= 15 is 0 Å². The van der Waals surface area contributed by atoms with Crippen LogP contribution in [0.5, 0.6) is 5.75 Å². The summed E-state index contributed by atoms with van der Waals surface area (Å²) in [4.78, 5) is 13.7. The maximum Gasteiger partial charge on any atom is 0.159 e. The van der Waals surface area contributed by atoms with Crippen LogP contribution in [0.4, 0.5) is 0 Å². The van der Waals surface area contributed by atoms with Crippen LogP contribution in [-0.4, -0.2) is 30.0 Å². The van der Waals surface area contributed by atoms with Crippen molar-refractivity contribution in [3.05, 3.63) is 29.8 Å². The minimum atomic E-state index is 0.0943. The molecular formula is C16H23NO2. The summed E-state index contributed by atoms with van der Waals surface area (Å²) in [5.74, 6) is 0.954. The Bertz CT molecular complexity index is 411. The lowest BCUT2D eigenvalue weighted by atomic mass is 10.1. The lowest BCUT2D eigenvalue weighted by Crippen LogP contribution is -2.43. The Morgan fingerprint density at radius 3 is 2.68 bits per heavy atom. The number of rotatable bonds is 5. The summed E-state index contributed by atoms with van der Waals surface area (Å²) in [5.41, 5.74) is 0.737. The number of Topliss-reactive ketones (excluding diaryl/α,β-unsaturated/α-hetero) is 1. The summed E-state index contributed by atoms with van der Waals surface area (Å²) in [6.07, 6.45) is 4.94. The lowest BCUT2D eigenvalue weighted by molar-refractivity contribution is -0.00362. The van der Waals surface area contributed by atoms with Crippen molar-refractivity contribution in [1.82, 2.24) is 4.90 Å². The second kappa shape index (κ2) is 6.71. The molecule has 1 aliphatic rings. The third-order valence-corrected chi connectivity index (χ3v) is 3.60. The molecule has 1 fully saturated rings. The Labute approximate surface area is 115 Å². The molecule has 1 unspecified atom stereocenters. The van der Waals surface area contributed by atoms with E-state index in [9.17, 15) is 4.79 Å². The van der Waals surface area contributed by atoms with Gasteiger partial charge in [0, 0.05) is 18.7 Å². The molecule has 1 aromatic carbocycles. The van der Waals surface area contributed by atoms with Crippen molar-refractivity contribution >= 4 is 5.78 Å². The fraction of sp³-hybridized carbons (Fsp3) is 0.562. The zero-order chi connectivity index (χ0) is 13.7. The Morgan fingerprint density at radius 2 is 2.05 bits per heavy atom. The average Bonchev–Trinajstić information content (AvgIpc) is 2.42. The van der Waals surface area contributed by atoms with Crippen molar-refractivity contribution in [3.63, 3.8) is 0 Å². The quantitative estimate of drug-likeness (QED) is 0.760. The highest BCUT2D eigenvalue weighted by molar-refractivity contribution is 5.94. The first kappa shape index (κ1) is 14.1. The lowest BCUT2D eigenvalue weighted by Gasteiger charge is -2.35. The smallest absolute Gasteiger partial charge is 0.159 e. The zero-order valence-electron chi connectivity index (χ0n) is 11.9. The van der Waals surface area contributed by atoms with Gasteiger partial charge in [0.2, 0.25) is 0 Å². The van der Waals surface area contributed by atoms with E-state index in [1.807, 2.05) is 24.3 Å². The van der Waals surface area contributed by atoms with Crippen LogP contribution in [0.2, 0.25) is 0 Å². The second-order valence-electron chi connectivity index (χ2n) is 5.18. The highest BCUT2D eigenvalue weighted by Gasteiger charge is 2.22. The Hall–Kier alpha value is -1.35. The topological polar surface area (TPSA) is 29.5 Å². The van der Waals surface area contributed by atoms with Crippen LogP contribution in [0.3, 0.4) is 0 Å². The summed E-state index contributed by atoms with van der Waals surface area (Å²) < 4.78 is 6.07. The van der Waals surface area contributed by atoms with Gasteiger partial charge in [0.15, 0.2) is 12.0 Å². The van der Waals surface area contributed by atoms with Crippen molar-refractivity contribution in [2.24, 2.45) is 0 Å². The van der Waals surface area contributed by atoms with Gasteiger partial charge in [0.1, 0.15) is 5.75 Å². The summed E-state index contributed by atoms with van der Waals surface area (Å²) in [7, 11) is 0. The highest BCUT2D eigenvalue weighted by atomic mass is 16.5. The number of benzene rings is 1. The molecule has 0 radical (unpaired) electrons. The molecule has 0 N–H and O–H groups in total. The van der Waals surface area contributed by atoms with Gasteiger partial charge in [-0.1, -0.05) is 6.92 Å². The molecule has 1 atom stereocenters. The molecule has 0 aromatic heterocycles. The van der Waals surface area contributed by atoms with E-state index in [4.69, 9.17) is 4.74 Å². The molecule has 1 aromatic rings. The van der Waals surface area contributed by atoms with Crippen molar-refractivity contribution < 1.29 is 9.53 Å². The maximum absolute atomic E-state index is 11.2. The Morgan fingerprint density at radius 1 is 1.32 bits per heavy atom. The van der Waals surface area contributed by atoms with Crippen molar-refractivity contribution in [1.29, 1.82) is 0 Å². The van der Waals surface area contributed by atoms with Crippen LogP contribution < -0.4 is 4.74 Å². The van der Waals surface area contributed by atoms with E-state index in [2.05, 4.69) is 11.8 Å². The van der Waals surface area contributed by atoms with Gasteiger partial charge in [0.25, 0.3) is 0 Å². The predicted octanol–water partition coefficient (Wildman–Crippen LogP) is 3.49. The summed E-state index contributed by atoms with van der Waals surface area (Å²) in [5, 5.41) is 0. The minimum Gasteiger partial charge on any atom is -0.475 e. The number of nitrogens with zero attached hydrogens (tertiary/aromatic N) is 1. The average molecular weight is 261 g/mol. The molecular weight excluding hydrogens is 238 g/mol. The number of ketones is 1. The molecule has 1 heterocycles. The van der Waals surface area contributed by atoms with Crippen LogP contribution in [-0.2, 0) is 0 Å². The van der Waals surface area contributed by atoms with Crippen LogP contribution in [0.15, 0.2) is 24.3 Å². The molecule has 3 nitrogen and oxygen atoms in total. The van der Waals surface area contributed by atoms with E-state index in [1.165, 1.54) is 12.8 Å². The van der Waals surface area contributed by atoms with Gasteiger partial charge in [-0.2, -0.15) is 0 Å². The first-order valence-electron chi connectivity index (χ1n) is 7.22. The van der Waals surface area contributed by atoms with E-state index < -0.39 is 0 Å². The fourth-order valence-electron chi connectivity index (χ4n) is 2.56. The normalized spacial score (nSPS) is 20.2. The SMILES string of the molecule is CCCN1CCCCC1Oc1ccc(C(C)=O)cc1. The number of carbonyl (C=O) groups excluding carboxylic acids is 1. The Balaban J connectivity index is 2.00. The first-order valence-corrected chi connectivity index (χ1v) is 7.22. The molecule has 0 aliphatic carbocycles. The van der Waals surface area contributed by atoms with Gasteiger partial charge in [-0.25, -0.2) is 0 Å². The van der Waals surface area contributed by atoms with E-state index in [1.54, 1.807) is 6.92 Å². The van der Waals surface area contributed by atoms with Crippen molar-refractivity contribution in [3.8, 4) is 5.75 Å². The van der Waals surface area contributed by atoms with Crippen molar-refractivity contribution in [2.75, 3.05) is 13.1 Å². The molecule has 0 amide bonds. The third-order valence-electron chi connectivity index (χ3n) is 3.60. The van der Waals surface area contributed by atoms with Gasteiger partial charge in [0.05, 0.1) is 0 Å². The highest BCUT2D eigenvalue weighted by Crippen LogP contribution is 2.22. The fourth-order valence-corrected chi connectivity index (χ4v) is 2.56. The largest absolute Gasteiger partial charge is 0.475 e. The molecule has 1 aliphatic heterocycles. The molecule has 104 valence electrons. The van der Waals surface area contributed by atoms with Gasteiger partial charge in [-0.05, 0) is 56.9 Å². The second-order valence-corrected chi connectivity index (χ2v) is 5.18. The summed E-state index contributed by atoms with van der Waals surface area (Å²) in [6, 6.07) is 7.47. The molecule has 0 spiro atoms. The number of hydrogen-bond donors (Lipinski definition) is 0. The predicted molar refractivity (Wildman–Crippen MR) is 76.6 cm³/mol. The monoisotopic (exact) mass is 261 g/mol. The first-order chi connectivity index (χ1) is 9.20. The Kier molecular flexibility index (Phi) is 4.97. The van der Waals surface area contributed by atoms with E-state index in [0.717, 1.165) is 37.2 Å². The minimum absolute atomic E-state index is 0.0943. The van der Waals surface area contributed by atoms with Gasteiger partial charge in [-0.15, -0.1) is 0 Å². The number of ether oxygens (including phenoxy) is 1. The van der Waals surface area contributed by atoms with Crippen molar-refractivity contribution in [2.45, 2.75) is 45.8 Å². The number of piperidine rings is 1. The van der Waals surface area contributed by atoms with Gasteiger partial charge in [-0.3, -0.25) is 9.69 Å². The number of hydrogen-bond acceptors (Lipinski definition) is 3. The van der Waals surface area contributed by atoms with Crippen LogP contribution >= 0.6 is 0 Å². The standard InChI is InChI=1S/C16H23NO2/c1-3-11-17-12-5-4-6-16(17)19-15-9-7-14(8-10-15)13(2)18/h7-10,16H,3-6,11-12H2,1-2H3. The third kappa shape index (κ3) is 3.80. The molecule has 0 saturated carbocycles. The van der Waals surface area contributed by atoms with E-state index in [0.29, 0.717) is 0 Å². The van der Waals surface area contributed by atoms with Gasteiger partial charge < -0.3 is 4.74 Å². The molecule has 19 heavy (non-hydrogen) atoms. The van der Waals surface area contributed by atoms with E-state index in [-0.39, 0.29) is 12.0 Å². The maximum atomic E-state index is 11.2. The molecule has 3 heteroatoms. The van der Waals surface area contributed by atoms with Crippen LogP contribution in [0.1, 0.15) is 49.9 Å². The van der Waals surface area contributed by atoms with Crippen LogP contribution in [0.25, 0.3) is 0 Å². The number of carbonyl (C=O) groups is 1. The van der Waals surface area contributed by atoms with Crippen LogP contribution in [0, 0.1) is 0 Å².